The van der Waals surface area contributed by atoms with Gasteiger partial charge in [0.25, 0.3) is 5.91 Å². The van der Waals surface area contributed by atoms with E-state index in [9.17, 15) is 9.59 Å². The SMILES string of the molecule is CCOC(=O)c1cnn2cc(C(=O)N3CCC(c4ccccc4)C(C)C3)cnc12. The van der Waals surface area contributed by atoms with Gasteiger partial charge < -0.3 is 9.64 Å². The standard InChI is InChI=1S/C22H24N4O3/c1-3-29-22(28)19-12-24-26-14-17(11-23-20(19)26)21(27)25-10-9-18(15(2)13-25)16-7-5-4-6-8-16/h4-8,11-12,14-15,18H,3,9-10,13H2,1-2H3. The number of nitrogens with zero attached hydrogens (tertiary/aromatic N) is 4. The Morgan fingerprint density at radius 3 is 2.72 bits per heavy atom. The first kappa shape index (κ1) is 19.1. The summed E-state index contributed by atoms with van der Waals surface area (Å²) in [7, 11) is 0. The first-order valence-electron chi connectivity index (χ1n) is 9.93. The van der Waals surface area contributed by atoms with Crippen LogP contribution < -0.4 is 0 Å². The molecule has 29 heavy (non-hydrogen) atoms. The van der Waals surface area contributed by atoms with Gasteiger partial charge in [0, 0.05) is 25.5 Å². The Hall–Kier alpha value is -3.22. The van der Waals surface area contributed by atoms with Gasteiger partial charge in [-0.25, -0.2) is 14.3 Å². The van der Waals surface area contributed by atoms with Gasteiger partial charge in [-0.3, -0.25) is 4.79 Å². The van der Waals surface area contributed by atoms with Crippen molar-refractivity contribution < 1.29 is 14.3 Å². The maximum absolute atomic E-state index is 13.0. The molecule has 1 amide bonds. The first-order chi connectivity index (χ1) is 14.1. The number of benzene rings is 1. The van der Waals surface area contributed by atoms with Crippen molar-refractivity contribution in [2.75, 3.05) is 19.7 Å². The smallest absolute Gasteiger partial charge is 0.343 e. The molecular formula is C22H24N4O3. The van der Waals surface area contributed by atoms with E-state index in [1.54, 1.807) is 13.1 Å². The Balaban J connectivity index is 1.50. The average Bonchev–Trinajstić information content (AvgIpc) is 3.17. The number of esters is 1. The molecule has 150 valence electrons. The van der Waals surface area contributed by atoms with Gasteiger partial charge in [-0.15, -0.1) is 0 Å². The molecule has 0 saturated carbocycles. The van der Waals surface area contributed by atoms with Gasteiger partial charge in [0.1, 0.15) is 5.56 Å². The quantitative estimate of drug-likeness (QED) is 0.638. The Kier molecular flexibility index (Phi) is 5.29. The van der Waals surface area contributed by atoms with Crippen LogP contribution in [-0.2, 0) is 4.74 Å². The number of hydrogen-bond donors (Lipinski definition) is 0. The van der Waals surface area contributed by atoms with E-state index in [2.05, 4.69) is 41.3 Å². The van der Waals surface area contributed by atoms with Crippen molar-refractivity contribution >= 4 is 17.5 Å². The van der Waals surface area contributed by atoms with Crippen molar-refractivity contribution in [1.82, 2.24) is 19.5 Å². The van der Waals surface area contributed by atoms with E-state index in [1.807, 2.05) is 11.0 Å². The largest absolute Gasteiger partial charge is 0.462 e. The number of rotatable bonds is 4. The summed E-state index contributed by atoms with van der Waals surface area (Å²) in [6.45, 7) is 5.62. The third kappa shape index (κ3) is 3.72. The summed E-state index contributed by atoms with van der Waals surface area (Å²) >= 11 is 0. The van der Waals surface area contributed by atoms with Crippen LogP contribution in [0.1, 0.15) is 52.5 Å². The molecule has 7 heteroatoms. The lowest BCUT2D eigenvalue weighted by molar-refractivity contribution is 0.0528. The van der Waals surface area contributed by atoms with Crippen LogP contribution >= 0.6 is 0 Å². The van der Waals surface area contributed by atoms with Crippen molar-refractivity contribution in [3.8, 4) is 0 Å². The molecule has 0 bridgehead atoms. The Morgan fingerprint density at radius 1 is 1.21 bits per heavy atom. The summed E-state index contributed by atoms with van der Waals surface area (Å²) in [5.74, 6) is 0.294. The highest BCUT2D eigenvalue weighted by molar-refractivity contribution is 5.97. The molecule has 0 aliphatic carbocycles. The van der Waals surface area contributed by atoms with Crippen molar-refractivity contribution in [2.45, 2.75) is 26.2 Å². The van der Waals surface area contributed by atoms with Crippen molar-refractivity contribution in [2.24, 2.45) is 5.92 Å². The summed E-state index contributed by atoms with van der Waals surface area (Å²) < 4.78 is 6.48. The topological polar surface area (TPSA) is 76.8 Å². The predicted molar refractivity (Wildman–Crippen MR) is 108 cm³/mol. The molecule has 1 fully saturated rings. The van der Waals surface area contributed by atoms with Crippen LogP contribution in [0.25, 0.3) is 5.65 Å². The van der Waals surface area contributed by atoms with Gasteiger partial charge in [-0.05, 0) is 30.7 Å². The number of carbonyl (C=O) groups is 2. The number of aromatic nitrogens is 3. The summed E-state index contributed by atoms with van der Waals surface area (Å²) in [5.41, 5.74) is 2.47. The van der Waals surface area contributed by atoms with Crippen LogP contribution in [0.5, 0.6) is 0 Å². The summed E-state index contributed by atoms with van der Waals surface area (Å²) in [4.78, 5) is 31.2. The molecule has 2 atom stereocenters. The molecule has 0 radical (unpaired) electrons. The van der Waals surface area contributed by atoms with Gasteiger partial charge in [0.05, 0.1) is 18.4 Å². The van der Waals surface area contributed by atoms with Crippen LogP contribution in [0.15, 0.2) is 48.9 Å². The molecule has 1 aliphatic heterocycles. The first-order valence-corrected chi connectivity index (χ1v) is 9.93. The lowest BCUT2D eigenvalue weighted by atomic mass is 9.81. The molecule has 1 aliphatic rings. The van der Waals surface area contributed by atoms with Crippen molar-refractivity contribution in [3.05, 3.63) is 65.6 Å². The molecule has 0 spiro atoms. The number of piperidine rings is 1. The molecular weight excluding hydrogens is 368 g/mol. The second-order valence-corrected chi connectivity index (χ2v) is 7.42. The second kappa shape index (κ2) is 8.03. The summed E-state index contributed by atoms with van der Waals surface area (Å²) in [6.07, 6.45) is 5.49. The van der Waals surface area contributed by atoms with Crippen LogP contribution in [0, 0.1) is 5.92 Å². The maximum atomic E-state index is 13.0. The maximum Gasteiger partial charge on any atom is 0.343 e. The van der Waals surface area contributed by atoms with Gasteiger partial charge in [0.15, 0.2) is 5.65 Å². The third-order valence-corrected chi connectivity index (χ3v) is 5.52. The lowest BCUT2D eigenvalue weighted by Gasteiger charge is -2.37. The number of likely N-dealkylation sites (tertiary alicyclic amines) is 1. The number of ether oxygens (including phenoxy) is 1. The van der Waals surface area contributed by atoms with Crippen LogP contribution in [0.2, 0.25) is 0 Å². The Labute approximate surface area is 169 Å². The zero-order valence-corrected chi connectivity index (χ0v) is 16.6. The van der Waals surface area contributed by atoms with E-state index in [0.29, 0.717) is 41.7 Å². The monoisotopic (exact) mass is 392 g/mol. The molecule has 7 nitrogen and oxygen atoms in total. The molecule has 2 aromatic heterocycles. The number of fused-ring (bicyclic) bond motifs is 1. The number of carbonyl (C=O) groups excluding carboxylic acids is 2. The molecule has 3 aromatic rings. The van der Waals surface area contributed by atoms with E-state index in [4.69, 9.17) is 4.74 Å². The van der Waals surface area contributed by atoms with Gasteiger partial charge in [-0.1, -0.05) is 37.3 Å². The predicted octanol–water partition coefficient (Wildman–Crippen LogP) is 3.17. The minimum atomic E-state index is -0.467. The van der Waals surface area contributed by atoms with Crippen molar-refractivity contribution in [3.63, 3.8) is 0 Å². The normalized spacial score (nSPS) is 19.3. The van der Waals surface area contributed by atoms with Crippen molar-refractivity contribution in [1.29, 1.82) is 0 Å². The summed E-state index contributed by atoms with van der Waals surface area (Å²) in [6, 6.07) is 10.5. The van der Waals surface area contributed by atoms with Crippen LogP contribution in [0.3, 0.4) is 0 Å². The number of amides is 1. The fourth-order valence-electron chi connectivity index (χ4n) is 4.05. The average molecular weight is 392 g/mol. The summed E-state index contributed by atoms with van der Waals surface area (Å²) in [5, 5.41) is 4.16. The molecule has 2 unspecified atom stereocenters. The fourth-order valence-corrected chi connectivity index (χ4v) is 4.05. The molecule has 0 N–H and O–H groups in total. The van der Waals surface area contributed by atoms with E-state index in [0.717, 1.165) is 6.42 Å². The van der Waals surface area contributed by atoms with E-state index >= 15 is 0 Å². The van der Waals surface area contributed by atoms with Gasteiger partial charge in [0.2, 0.25) is 0 Å². The Bertz CT molecular complexity index is 1030. The zero-order valence-electron chi connectivity index (χ0n) is 16.6. The van der Waals surface area contributed by atoms with E-state index in [1.165, 1.54) is 22.5 Å². The highest BCUT2D eigenvalue weighted by Gasteiger charge is 2.30. The minimum Gasteiger partial charge on any atom is -0.462 e. The highest BCUT2D eigenvalue weighted by Crippen LogP contribution is 2.33. The molecule has 4 rings (SSSR count). The third-order valence-electron chi connectivity index (χ3n) is 5.52. The fraction of sp³-hybridized carbons (Fsp3) is 0.364. The van der Waals surface area contributed by atoms with Crippen LogP contribution in [-0.4, -0.2) is 51.1 Å². The van der Waals surface area contributed by atoms with Gasteiger partial charge >= 0.3 is 5.97 Å². The lowest BCUT2D eigenvalue weighted by Crippen LogP contribution is -2.42. The van der Waals surface area contributed by atoms with Gasteiger partial charge in [-0.2, -0.15) is 5.10 Å². The minimum absolute atomic E-state index is 0.0639. The van der Waals surface area contributed by atoms with E-state index < -0.39 is 5.97 Å². The molecule has 1 aromatic carbocycles. The highest BCUT2D eigenvalue weighted by atomic mass is 16.5. The van der Waals surface area contributed by atoms with E-state index in [-0.39, 0.29) is 12.5 Å². The van der Waals surface area contributed by atoms with Crippen LogP contribution in [0.4, 0.5) is 0 Å². The molecule has 3 heterocycles. The molecule has 1 saturated heterocycles. The second-order valence-electron chi connectivity index (χ2n) is 7.42. The zero-order chi connectivity index (χ0) is 20.4. The Morgan fingerprint density at radius 2 is 2.00 bits per heavy atom. The number of hydrogen-bond acceptors (Lipinski definition) is 5.